The second kappa shape index (κ2) is 10.0. The standard InChI is InChI=1S/C30H37BrFN7O3/c1-29(2,3)42-28(40)39-19-6-7-20(39)15-37(14-19)26-24-21-16-36(4)35-25(21)22(31)10-23(24)33-27(34-26)41-17-30-8-5-9-38(30)13-18(11-30)12-32/h10,12,16,19-20H,5-9,11,13-15,17H2,1-4H3/b18-12-/t19-,20+,30-/m0/s1. The molecule has 1 amide bonds. The van der Waals surface area contributed by atoms with Gasteiger partial charge in [-0.1, -0.05) is 0 Å². The van der Waals surface area contributed by atoms with E-state index < -0.39 is 5.60 Å². The van der Waals surface area contributed by atoms with Gasteiger partial charge < -0.3 is 14.4 Å². The molecule has 4 aliphatic rings. The first-order valence-corrected chi connectivity index (χ1v) is 15.6. The van der Waals surface area contributed by atoms with Crippen LogP contribution in [0.5, 0.6) is 6.01 Å². The van der Waals surface area contributed by atoms with Gasteiger partial charge in [0, 0.05) is 42.7 Å². The summed E-state index contributed by atoms with van der Waals surface area (Å²) in [5.74, 6) is 0.790. The van der Waals surface area contributed by atoms with E-state index in [0.717, 1.165) is 76.2 Å². The largest absolute Gasteiger partial charge is 0.461 e. The lowest BCUT2D eigenvalue weighted by molar-refractivity contribution is 0.0122. The van der Waals surface area contributed by atoms with E-state index in [2.05, 4.69) is 30.8 Å². The third-order valence-corrected chi connectivity index (χ3v) is 9.79. The minimum absolute atomic E-state index is 0.0307. The lowest BCUT2D eigenvalue weighted by atomic mass is 9.94. The molecule has 4 aliphatic heterocycles. The summed E-state index contributed by atoms with van der Waals surface area (Å²) in [5, 5.41) is 6.55. The average Bonchev–Trinajstić information content (AvgIpc) is 3.66. The molecule has 4 saturated heterocycles. The predicted octanol–water partition coefficient (Wildman–Crippen LogP) is 5.34. The summed E-state index contributed by atoms with van der Waals surface area (Å²) in [4.78, 5) is 29.6. The number of benzene rings is 1. The van der Waals surface area contributed by atoms with Gasteiger partial charge >= 0.3 is 12.1 Å². The van der Waals surface area contributed by atoms with E-state index >= 15 is 0 Å². The van der Waals surface area contributed by atoms with Gasteiger partial charge in [0.15, 0.2) is 0 Å². The lowest BCUT2D eigenvalue weighted by Gasteiger charge is -2.42. The van der Waals surface area contributed by atoms with Crippen LogP contribution in [-0.4, -0.2) is 91.7 Å². The molecule has 10 nitrogen and oxygen atoms in total. The summed E-state index contributed by atoms with van der Waals surface area (Å²) in [5.41, 5.74) is 1.66. The van der Waals surface area contributed by atoms with Gasteiger partial charge in [0.1, 0.15) is 23.5 Å². The third-order valence-electron chi connectivity index (χ3n) is 9.19. The maximum Gasteiger partial charge on any atom is 0.410 e. The Morgan fingerprint density at radius 3 is 2.71 bits per heavy atom. The summed E-state index contributed by atoms with van der Waals surface area (Å²) in [7, 11) is 1.91. The number of nitrogens with zero attached hydrogens (tertiary/aromatic N) is 7. The lowest BCUT2D eigenvalue weighted by Crippen LogP contribution is -2.57. The van der Waals surface area contributed by atoms with E-state index in [4.69, 9.17) is 19.4 Å². The van der Waals surface area contributed by atoms with Crippen molar-refractivity contribution >= 4 is 49.6 Å². The summed E-state index contributed by atoms with van der Waals surface area (Å²) >= 11 is 3.70. The highest BCUT2D eigenvalue weighted by Crippen LogP contribution is 2.43. The van der Waals surface area contributed by atoms with Crippen LogP contribution in [-0.2, 0) is 11.8 Å². The average molecular weight is 643 g/mol. The Labute approximate surface area is 252 Å². The van der Waals surface area contributed by atoms with Crippen molar-refractivity contribution in [2.75, 3.05) is 37.7 Å². The van der Waals surface area contributed by atoms with Gasteiger partial charge in [0.2, 0.25) is 0 Å². The fourth-order valence-electron chi connectivity index (χ4n) is 7.48. The Morgan fingerprint density at radius 1 is 1.24 bits per heavy atom. The first-order valence-electron chi connectivity index (χ1n) is 14.8. The highest BCUT2D eigenvalue weighted by atomic mass is 79.9. The second-order valence-electron chi connectivity index (χ2n) is 13.3. The van der Waals surface area contributed by atoms with Gasteiger partial charge in [0.25, 0.3) is 0 Å². The molecule has 0 radical (unpaired) electrons. The molecule has 42 heavy (non-hydrogen) atoms. The summed E-state index contributed by atoms with van der Waals surface area (Å²) in [6.45, 7) is 8.99. The van der Waals surface area contributed by atoms with E-state index in [1.807, 2.05) is 45.0 Å². The number of anilines is 1. The molecule has 0 saturated carbocycles. The Hall–Kier alpha value is -2.99. The Bertz CT molecular complexity index is 1590. The van der Waals surface area contributed by atoms with Gasteiger partial charge in [0.05, 0.1) is 34.9 Å². The molecule has 2 aromatic heterocycles. The zero-order valence-corrected chi connectivity index (χ0v) is 26.2. The number of aromatic nitrogens is 4. The zero-order chi connectivity index (χ0) is 29.4. The van der Waals surface area contributed by atoms with E-state index in [0.29, 0.717) is 38.7 Å². The molecule has 3 aromatic rings. The Balaban J connectivity index is 1.25. The number of aryl methyl sites for hydroxylation is 1. The van der Waals surface area contributed by atoms with Crippen LogP contribution in [0.1, 0.15) is 52.9 Å². The van der Waals surface area contributed by atoms with E-state index in [9.17, 15) is 9.18 Å². The van der Waals surface area contributed by atoms with Gasteiger partial charge in [-0.15, -0.1) is 0 Å². The highest BCUT2D eigenvalue weighted by Gasteiger charge is 2.48. The van der Waals surface area contributed by atoms with Gasteiger partial charge in [-0.3, -0.25) is 14.5 Å². The van der Waals surface area contributed by atoms with E-state index in [-0.39, 0.29) is 23.7 Å². The van der Waals surface area contributed by atoms with Crippen LogP contribution in [0.4, 0.5) is 15.0 Å². The number of amides is 1. The van der Waals surface area contributed by atoms with Crippen LogP contribution in [0.15, 0.2) is 28.6 Å². The van der Waals surface area contributed by atoms with Crippen LogP contribution in [0.2, 0.25) is 0 Å². The number of halogens is 2. The zero-order valence-electron chi connectivity index (χ0n) is 24.6. The monoisotopic (exact) mass is 641 g/mol. The molecule has 6 heterocycles. The molecule has 4 fully saturated rings. The van der Waals surface area contributed by atoms with Crippen molar-refractivity contribution in [3.63, 3.8) is 0 Å². The van der Waals surface area contributed by atoms with Crippen LogP contribution in [0, 0.1) is 0 Å². The summed E-state index contributed by atoms with van der Waals surface area (Å²) < 4.78 is 28.3. The predicted molar refractivity (Wildman–Crippen MR) is 161 cm³/mol. The molecule has 0 unspecified atom stereocenters. The second-order valence-corrected chi connectivity index (χ2v) is 14.2. The van der Waals surface area contributed by atoms with Gasteiger partial charge in [-0.05, 0) is 87.0 Å². The summed E-state index contributed by atoms with van der Waals surface area (Å²) in [6, 6.07) is 2.35. The Morgan fingerprint density at radius 2 is 2.00 bits per heavy atom. The van der Waals surface area contributed by atoms with Crippen molar-refractivity contribution in [2.24, 2.45) is 7.05 Å². The highest BCUT2D eigenvalue weighted by molar-refractivity contribution is 9.10. The summed E-state index contributed by atoms with van der Waals surface area (Å²) in [6.07, 6.45) is 7.05. The van der Waals surface area contributed by atoms with Gasteiger partial charge in [-0.2, -0.15) is 15.1 Å². The van der Waals surface area contributed by atoms with Crippen molar-refractivity contribution < 1.29 is 18.7 Å². The molecule has 7 rings (SSSR count). The molecule has 0 spiro atoms. The number of ether oxygens (including phenoxy) is 2. The molecule has 3 atom stereocenters. The molecule has 0 N–H and O–H groups in total. The molecule has 1 aromatic carbocycles. The van der Waals surface area contributed by atoms with Crippen molar-refractivity contribution in [2.45, 2.75) is 76.1 Å². The number of hydrogen-bond donors (Lipinski definition) is 0. The van der Waals surface area contributed by atoms with E-state index in [1.54, 1.807) is 4.68 Å². The molecule has 0 aliphatic carbocycles. The first-order chi connectivity index (χ1) is 20.0. The van der Waals surface area contributed by atoms with Crippen molar-refractivity contribution in [3.05, 3.63) is 28.6 Å². The van der Waals surface area contributed by atoms with Crippen molar-refractivity contribution in [1.82, 2.24) is 29.5 Å². The molecule has 12 heteroatoms. The maximum absolute atomic E-state index is 13.5. The maximum atomic E-state index is 13.5. The topological polar surface area (TPSA) is 88.9 Å². The smallest absolute Gasteiger partial charge is 0.410 e. The number of hydrogen-bond acceptors (Lipinski definition) is 8. The normalized spacial score (nSPS) is 27.0. The third kappa shape index (κ3) is 4.70. The fourth-order valence-corrected chi connectivity index (χ4v) is 7.99. The number of carbonyl (C=O) groups is 1. The molecule has 224 valence electrons. The SMILES string of the molecule is Cn1cc2c(n1)c(Br)cc1nc(OC[C@@]34CCCN3C/C(=C\F)C4)nc(N3C[C@H]4CC[C@@H](C3)N4C(=O)OC(C)(C)C)c12. The quantitative estimate of drug-likeness (QED) is 0.377. The van der Waals surface area contributed by atoms with Gasteiger partial charge in [-0.25, -0.2) is 9.18 Å². The number of fused-ring (bicyclic) bond motifs is 6. The van der Waals surface area contributed by atoms with Crippen molar-refractivity contribution in [3.8, 4) is 6.01 Å². The van der Waals surface area contributed by atoms with E-state index in [1.165, 1.54) is 0 Å². The van der Waals surface area contributed by atoms with Crippen molar-refractivity contribution in [1.29, 1.82) is 0 Å². The molecular weight excluding hydrogens is 605 g/mol. The fraction of sp³-hybridized carbons (Fsp3) is 0.600. The van der Waals surface area contributed by atoms with Crippen LogP contribution >= 0.6 is 15.9 Å². The Kier molecular flexibility index (Phi) is 6.65. The van der Waals surface area contributed by atoms with Crippen LogP contribution in [0.3, 0.4) is 0 Å². The number of rotatable bonds is 4. The minimum Gasteiger partial charge on any atom is -0.461 e. The molecular formula is C30H37BrFN7O3. The minimum atomic E-state index is -0.545. The van der Waals surface area contributed by atoms with Crippen LogP contribution in [0.25, 0.3) is 21.8 Å². The number of carbonyl (C=O) groups excluding carboxylic acids is 1. The first kappa shape index (κ1) is 27.8. The number of piperazine rings is 1. The molecule has 2 bridgehead atoms. The van der Waals surface area contributed by atoms with Crippen LogP contribution < -0.4 is 9.64 Å².